The fraction of sp³-hybridized carbons (Fsp3) is 0.0909. The Morgan fingerprint density at radius 1 is 1.44 bits per heavy atom. The molecule has 0 fully saturated rings. The Balaban J connectivity index is 2.05. The number of rotatable bonds is 3. The first-order chi connectivity index (χ1) is 8.69. The first kappa shape index (κ1) is 11.6. The van der Waals surface area contributed by atoms with E-state index in [2.05, 4.69) is 20.5 Å². The van der Waals surface area contributed by atoms with Crippen molar-refractivity contribution in [3.63, 3.8) is 0 Å². The lowest BCUT2D eigenvalue weighted by Gasteiger charge is -2.03. The Morgan fingerprint density at radius 3 is 2.72 bits per heavy atom. The molecule has 2 rings (SSSR count). The zero-order valence-corrected chi connectivity index (χ0v) is 9.34. The Bertz CT molecular complexity index is 595. The second-order valence-corrected chi connectivity index (χ2v) is 3.53. The highest BCUT2D eigenvalue weighted by Gasteiger charge is 2.10. The number of amides is 1. The summed E-state index contributed by atoms with van der Waals surface area (Å²) in [5, 5.41) is 17.1. The van der Waals surface area contributed by atoms with Crippen LogP contribution < -0.4 is 11.1 Å². The van der Waals surface area contributed by atoms with Gasteiger partial charge in [0, 0.05) is 5.69 Å². The van der Waals surface area contributed by atoms with Crippen molar-refractivity contribution in [3.8, 4) is 6.07 Å². The standard InChI is InChI=1S/C11H10N6O/c12-6-5-7-1-3-8(4-2-7)14-10(18)9-15-11(13)17-16-9/h1-4H,5H2,(H,14,18)(H3,13,15,16,17). The van der Waals surface area contributed by atoms with Crippen LogP contribution in [0.25, 0.3) is 0 Å². The number of anilines is 2. The highest BCUT2D eigenvalue weighted by molar-refractivity contribution is 6.01. The third kappa shape index (κ3) is 2.62. The van der Waals surface area contributed by atoms with Crippen LogP contribution in [-0.4, -0.2) is 21.1 Å². The van der Waals surface area contributed by atoms with E-state index < -0.39 is 5.91 Å². The van der Waals surface area contributed by atoms with E-state index in [9.17, 15) is 4.79 Å². The van der Waals surface area contributed by atoms with Crippen molar-refractivity contribution < 1.29 is 4.79 Å². The molecule has 0 aliphatic rings. The number of benzene rings is 1. The van der Waals surface area contributed by atoms with Crippen molar-refractivity contribution in [3.05, 3.63) is 35.7 Å². The van der Waals surface area contributed by atoms with Gasteiger partial charge >= 0.3 is 0 Å². The zero-order chi connectivity index (χ0) is 13.0. The van der Waals surface area contributed by atoms with E-state index in [1.54, 1.807) is 24.3 Å². The fourth-order valence-corrected chi connectivity index (χ4v) is 1.36. The molecule has 0 bridgehead atoms. The van der Waals surface area contributed by atoms with Crippen LogP contribution in [0.2, 0.25) is 0 Å². The van der Waals surface area contributed by atoms with E-state index in [4.69, 9.17) is 11.0 Å². The lowest BCUT2D eigenvalue weighted by atomic mass is 10.1. The molecule has 18 heavy (non-hydrogen) atoms. The highest BCUT2D eigenvalue weighted by Crippen LogP contribution is 2.10. The third-order valence-corrected chi connectivity index (χ3v) is 2.21. The van der Waals surface area contributed by atoms with Gasteiger partial charge in [0.05, 0.1) is 12.5 Å². The van der Waals surface area contributed by atoms with Crippen LogP contribution in [-0.2, 0) is 6.42 Å². The van der Waals surface area contributed by atoms with Gasteiger partial charge in [-0.1, -0.05) is 12.1 Å². The SMILES string of the molecule is N#CCc1ccc(NC(=O)c2nc(N)n[nH]2)cc1. The molecule has 0 aliphatic carbocycles. The molecule has 0 unspecified atom stereocenters. The van der Waals surface area contributed by atoms with E-state index in [0.717, 1.165) is 5.56 Å². The topological polar surface area (TPSA) is 120 Å². The van der Waals surface area contributed by atoms with Crippen LogP contribution in [0.1, 0.15) is 16.2 Å². The number of aromatic nitrogens is 3. The zero-order valence-electron chi connectivity index (χ0n) is 9.34. The van der Waals surface area contributed by atoms with Gasteiger partial charge in [-0.05, 0) is 17.7 Å². The average Bonchev–Trinajstić information content (AvgIpc) is 2.79. The van der Waals surface area contributed by atoms with Crippen LogP contribution in [0.3, 0.4) is 0 Å². The molecule has 0 spiro atoms. The van der Waals surface area contributed by atoms with E-state index in [1.165, 1.54) is 0 Å². The minimum Gasteiger partial charge on any atom is -0.366 e. The van der Waals surface area contributed by atoms with Gasteiger partial charge < -0.3 is 11.1 Å². The summed E-state index contributed by atoms with van der Waals surface area (Å²) in [6, 6.07) is 9.02. The summed E-state index contributed by atoms with van der Waals surface area (Å²) >= 11 is 0. The first-order valence-electron chi connectivity index (χ1n) is 5.14. The lowest BCUT2D eigenvalue weighted by Crippen LogP contribution is -2.13. The summed E-state index contributed by atoms with van der Waals surface area (Å²) in [6.45, 7) is 0. The van der Waals surface area contributed by atoms with E-state index in [-0.39, 0.29) is 11.8 Å². The maximum atomic E-state index is 11.7. The summed E-state index contributed by atoms with van der Waals surface area (Å²) in [4.78, 5) is 15.4. The van der Waals surface area contributed by atoms with Crippen LogP contribution in [0, 0.1) is 11.3 Å². The Labute approximate surface area is 103 Å². The molecule has 0 saturated heterocycles. The molecule has 4 N–H and O–H groups in total. The Morgan fingerprint density at radius 2 is 2.17 bits per heavy atom. The van der Waals surface area contributed by atoms with E-state index >= 15 is 0 Å². The summed E-state index contributed by atoms with van der Waals surface area (Å²) in [5.41, 5.74) is 6.80. The normalized spacial score (nSPS) is 9.72. The molecule has 1 aromatic carbocycles. The molecule has 0 saturated carbocycles. The van der Waals surface area contributed by atoms with Crippen molar-refractivity contribution in [2.75, 3.05) is 11.1 Å². The quantitative estimate of drug-likeness (QED) is 0.731. The second-order valence-electron chi connectivity index (χ2n) is 3.53. The Hall–Kier alpha value is -2.88. The van der Waals surface area contributed by atoms with E-state index in [0.29, 0.717) is 12.1 Å². The molecular formula is C11H10N6O. The number of hydrogen-bond donors (Lipinski definition) is 3. The predicted molar refractivity (Wildman–Crippen MR) is 64.5 cm³/mol. The van der Waals surface area contributed by atoms with Gasteiger partial charge in [-0.25, -0.2) is 0 Å². The first-order valence-corrected chi connectivity index (χ1v) is 5.14. The van der Waals surface area contributed by atoms with Crippen molar-refractivity contribution in [2.24, 2.45) is 0 Å². The molecule has 1 aromatic heterocycles. The number of H-pyrrole nitrogens is 1. The molecule has 7 heteroatoms. The number of carbonyl (C=O) groups is 1. The molecule has 0 radical (unpaired) electrons. The van der Waals surface area contributed by atoms with Crippen LogP contribution in [0.5, 0.6) is 0 Å². The molecule has 1 heterocycles. The lowest BCUT2D eigenvalue weighted by molar-refractivity contribution is 0.101. The molecular weight excluding hydrogens is 232 g/mol. The number of nitrogens with two attached hydrogens (primary N) is 1. The van der Waals surface area contributed by atoms with Gasteiger partial charge in [0.1, 0.15) is 0 Å². The van der Waals surface area contributed by atoms with Crippen molar-refractivity contribution in [1.82, 2.24) is 15.2 Å². The Kier molecular flexibility index (Phi) is 3.20. The summed E-state index contributed by atoms with van der Waals surface area (Å²) in [7, 11) is 0. The molecule has 0 atom stereocenters. The number of nitrogens with zero attached hydrogens (tertiary/aromatic N) is 3. The minimum absolute atomic E-state index is 0.0181. The van der Waals surface area contributed by atoms with Crippen molar-refractivity contribution in [2.45, 2.75) is 6.42 Å². The molecule has 7 nitrogen and oxygen atoms in total. The summed E-state index contributed by atoms with van der Waals surface area (Å²) in [6.07, 6.45) is 0.340. The number of aromatic amines is 1. The second kappa shape index (κ2) is 4.97. The number of hydrogen-bond acceptors (Lipinski definition) is 5. The van der Waals surface area contributed by atoms with Gasteiger partial charge in [0.25, 0.3) is 5.91 Å². The molecule has 1 amide bonds. The summed E-state index contributed by atoms with van der Waals surface area (Å²) < 4.78 is 0. The number of nitrogen functional groups attached to an aromatic ring is 1. The molecule has 2 aromatic rings. The maximum Gasteiger partial charge on any atom is 0.293 e. The number of nitrogens with one attached hydrogen (secondary N) is 2. The minimum atomic E-state index is -0.424. The van der Waals surface area contributed by atoms with Crippen LogP contribution in [0.4, 0.5) is 11.6 Å². The monoisotopic (exact) mass is 242 g/mol. The van der Waals surface area contributed by atoms with Crippen LogP contribution in [0.15, 0.2) is 24.3 Å². The van der Waals surface area contributed by atoms with Gasteiger partial charge in [-0.3, -0.25) is 9.89 Å². The van der Waals surface area contributed by atoms with Gasteiger partial charge in [0.2, 0.25) is 11.8 Å². The summed E-state index contributed by atoms with van der Waals surface area (Å²) in [5.74, 6) is -0.356. The smallest absolute Gasteiger partial charge is 0.293 e. The number of carbonyl (C=O) groups excluding carboxylic acids is 1. The largest absolute Gasteiger partial charge is 0.366 e. The van der Waals surface area contributed by atoms with Crippen molar-refractivity contribution >= 4 is 17.5 Å². The predicted octanol–water partition coefficient (Wildman–Crippen LogP) is 0.705. The molecule has 0 aliphatic heterocycles. The third-order valence-electron chi connectivity index (χ3n) is 2.21. The highest BCUT2D eigenvalue weighted by atomic mass is 16.2. The van der Waals surface area contributed by atoms with Gasteiger partial charge in [-0.15, -0.1) is 5.10 Å². The van der Waals surface area contributed by atoms with Gasteiger partial charge in [0.15, 0.2) is 0 Å². The molecule has 90 valence electrons. The fourth-order valence-electron chi connectivity index (χ4n) is 1.36. The van der Waals surface area contributed by atoms with Gasteiger partial charge in [-0.2, -0.15) is 10.2 Å². The maximum absolute atomic E-state index is 11.7. The van der Waals surface area contributed by atoms with Crippen LogP contribution >= 0.6 is 0 Å². The number of nitriles is 1. The average molecular weight is 242 g/mol. The van der Waals surface area contributed by atoms with Crippen molar-refractivity contribution in [1.29, 1.82) is 5.26 Å². The van der Waals surface area contributed by atoms with E-state index in [1.807, 2.05) is 6.07 Å².